The molecule has 14 heteroatoms. The van der Waals surface area contributed by atoms with E-state index in [0.717, 1.165) is 6.20 Å². The molecule has 2 atom stereocenters. The van der Waals surface area contributed by atoms with Gasteiger partial charge in [-0.25, -0.2) is 19.7 Å². The van der Waals surface area contributed by atoms with Crippen LogP contribution in [0.1, 0.15) is 44.2 Å². The third-order valence-electron chi connectivity index (χ3n) is 6.59. The Morgan fingerprint density at radius 1 is 1.20 bits per heavy atom. The van der Waals surface area contributed by atoms with Gasteiger partial charge in [0.05, 0.1) is 35.3 Å². The summed E-state index contributed by atoms with van der Waals surface area (Å²) in [6, 6.07) is 2.83. The van der Waals surface area contributed by atoms with Crippen molar-refractivity contribution in [3.05, 3.63) is 41.5 Å². The summed E-state index contributed by atoms with van der Waals surface area (Å²) in [5.74, 6) is 0.496. The number of pyridine rings is 1. The van der Waals surface area contributed by atoms with E-state index in [-0.39, 0.29) is 36.7 Å². The van der Waals surface area contributed by atoms with Gasteiger partial charge in [-0.3, -0.25) is 0 Å². The fraction of sp³-hybridized carbons (Fsp3) is 0.444. The van der Waals surface area contributed by atoms with Crippen molar-refractivity contribution in [1.29, 1.82) is 0 Å². The topological polar surface area (TPSA) is 142 Å². The smallest absolute Gasteiger partial charge is 0.419 e. The lowest BCUT2D eigenvalue weighted by atomic mass is 10.0. The number of aliphatic hydroxyl groups excluding tert-OH is 1. The lowest BCUT2D eigenvalue weighted by Gasteiger charge is -2.36. The molecule has 1 aliphatic heterocycles. The van der Waals surface area contributed by atoms with E-state index >= 15 is 0 Å². The second-order valence-electron chi connectivity index (χ2n) is 11.1. The fourth-order valence-electron chi connectivity index (χ4n) is 4.89. The molecule has 0 saturated carbocycles. The van der Waals surface area contributed by atoms with Gasteiger partial charge in [-0.05, 0) is 53.2 Å². The maximum atomic E-state index is 14.1. The Balaban J connectivity index is 1.47. The first-order valence-electron chi connectivity index (χ1n) is 13.0. The van der Waals surface area contributed by atoms with E-state index in [2.05, 4.69) is 30.4 Å². The summed E-state index contributed by atoms with van der Waals surface area (Å²) in [6.07, 6.45) is -3.81. The summed E-state index contributed by atoms with van der Waals surface area (Å²) < 4.78 is 52.8. The molecular weight excluding hydrogens is 543 g/mol. The van der Waals surface area contributed by atoms with Crippen molar-refractivity contribution in [1.82, 2.24) is 30.0 Å². The minimum Gasteiger partial charge on any atom is -0.444 e. The van der Waals surface area contributed by atoms with E-state index < -0.39 is 35.6 Å². The predicted molar refractivity (Wildman–Crippen MR) is 143 cm³/mol. The monoisotopic (exact) mass is 573 g/mol. The molecule has 218 valence electrons. The summed E-state index contributed by atoms with van der Waals surface area (Å²) in [6.45, 7) is 8.95. The van der Waals surface area contributed by atoms with E-state index in [1.54, 1.807) is 46.8 Å². The number of halogens is 3. The number of H-pyrrole nitrogens is 1. The van der Waals surface area contributed by atoms with Crippen LogP contribution in [0.3, 0.4) is 0 Å². The fourth-order valence-corrected chi connectivity index (χ4v) is 4.89. The molecule has 5 rings (SSSR count). The van der Waals surface area contributed by atoms with Crippen LogP contribution in [0.25, 0.3) is 33.5 Å². The molecule has 0 spiro atoms. The molecule has 11 nitrogen and oxygen atoms in total. The number of nitrogens with one attached hydrogen (secondary N) is 2. The SMILES string of the molecule is Cc1noc(C)c1-c1ccc2c(-c3nc(N[C@H]4C[C@@H](O)CN(C(=O)OC(C)(C)C)C4)ncc3C(F)(F)F)c[nH]c2n1. The summed E-state index contributed by atoms with van der Waals surface area (Å²) in [5.41, 5.74) is 0.389. The molecule has 41 heavy (non-hydrogen) atoms. The van der Waals surface area contributed by atoms with Crippen molar-refractivity contribution >= 4 is 23.1 Å². The molecule has 0 aliphatic carbocycles. The van der Waals surface area contributed by atoms with Crippen molar-refractivity contribution in [2.45, 2.75) is 65.0 Å². The Morgan fingerprint density at radius 3 is 2.61 bits per heavy atom. The Kier molecular flexibility index (Phi) is 7.14. The highest BCUT2D eigenvalue weighted by molar-refractivity contribution is 5.94. The third kappa shape index (κ3) is 5.97. The van der Waals surface area contributed by atoms with Crippen molar-refractivity contribution in [2.24, 2.45) is 0 Å². The number of likely N-dealkylation sites (tertiary alicyclic amines) is 1. The largest absolute Gasteiger partial charge is 0.444 e. The molecule has 1 fully saturated rings. The van der Waals surface area contributed by atoms with Gasteiger partial charge < -0.3 is 29.6 Å². The zero-order valence-corrected chi connectivity index (χ0v) is 23.1. The number of ether oxygens (including phenoxy) is 1. The van der Waals surface area contributed by atoms with Crippen LogP contribution in [-0.2, 0) is 10.9 Å². The Morgan fingerprint density at radius 2 is 1.95 bits per heavy atom. The van der Waals surface area contributed by atoms with Crippen LogP contribution in [0, 0.1) is 13.8 Å². The van der Waals surface area contributed by atoms with E-state index in [0.29, 0.717) is 33.7 Å². The van der Waals surface area contributed by atoms with Gasteiger partial charge in [0.25, 0.3) is 0 Å². The molecule has 5 heterocycles. The number of nitrogens with zero attached hydrogens (tertiary/aromatic N) is 5. The zero-order valence-electron chi connectivity index (χ0n) is 23.1. The minimum atomic E-state index is -4.73. The molecule has 1 saturated heterocycles. The molecule has 0 aromatic carbocycles. The Bertz CT molecular complexity index is 1570. The highest BCUT2D eigenvalue weighted by Crippen LogP contribution is 2.39. The first kappa shape index (κ1) is 28.3. The molecular formula is C27H30F3N7O4. The Labute approximate surface area is 233 Å². The maximum absolute atomic E-state index is 14.1. The number of aryl methyl sites for hydroxylation is 2. The second-order valence-corrected chi connectivity index (χ2v) is 11.1. The van der Waals surface area contributed by atoms with E-state index in [9.17, 15) is 23.1 Å². The molecule has 0 unspecified atom stereocenters. The normalized spacial score (nSPS) is 18.1. The van der Waals surface area contributed by atoms with E-state index in [1.807, 2.05) is 0 Å². The summed E-state index contributed by atoms with van der Waals surface area (Å²) in [7, 11) is 0. The lowest BCUT2D eigenvalue weighted by Crippen LogP contribution is -2.52. The molecule has 1 amide bonds. The lowest BCUT2D eigenvalue weighted by molar-refractivity contribution is -0.137. The number of anilines is 1. The number of piperidine rings is 1. The summed E-state index contributed by atoms with van der Waals surface area (Å²) in [5, 5.41) is 17.7. The molecule has 4 aromatic heterocycles. The number of hydrogen-bond acceptors (Lipinski definition) is 9. The van der Waals surface area contributed by atoms with Gasteiger partial charge in [-0.1, -0.05) is 5.16 Å². The molecule has 4 aromatic rings. The first-order valence-corrected chi connectivity index (χ1v) is 13.0. The Hall–Kier alpha value is -4.20. The van der Waals surface area contributed by atoms with Crippen LogP contribution in [0.5, 0.6) is 0 Å². The number of aromatic nitrogens is 5. The van der Waals surface area contributed by atoms with Crippen LogP contribution in [0.4, 0.5) is 23.9 Å². The van der Waals surface area contributed by atoms with Crippen LogP contribution < -0.4 is 5.32 Å². The van der Waals surface area contributed by atoms with Crippen molar-refractivity contribution in [3.8, 4) is 22.5 Å². The summed E-state index contributed by atoms with van der Waals surface area (Å²) in [4.78, 5) is 29.6. The number of rotatable bonds is 4. The zero-order chi connectivity index (χ0) is 29.7. The highest BCUT2D eigenvalue weighted by Gasteiger charge is 2.37. The summed E-state index contributed by atoms with van der Waals surface area (Å²) >= 11 is 0. The van der Waals surface area contributed by atoms with E-state index in [1.165, 1.54) is 11.1 Å². The number of aromatic amines is 1. The number of fused-ring (bicyclic) bond motifs is 1. The van der Waals surface area contributed by atoms with Gasteiger partial charge in [0.2, 0.25) is 5.95 Å². The average Bonchev–Trinajstić information content (AvgIpc) is 3.43. The van der Waals surface area contributed by atoms with Gasteiger partial charge in [0, 0.05) is 35.9 Å². The second kappa shape index (κ2) is 10.3. The number of carbonyl (C=O) groups is 1. The van der Waals surface area contributed by atoms with Crippen LogP contribution in [0.15, 0.2) is 29.0 Å². The molecule has 0 bridgehead atoms. The molecule has 1 aliphatic rings. The van der Waals surface area contributed by atoms with Gasteiger partial charge in [-0.2, -0.15) is 13.2 Å². The standard InChI is InChI=1S/C27H30F3N7O4/c1-13-21(14(2)41-36-13)20-7-6-17-18(9-31-23(17)34-20)22-19(27(28,29)30)10-32-24(35-22)33-15-8-16(38)12-37(11-15)25(39)40-26(3,4)5/h6-7,9-10,15-16,38H,8,11-12H2,1-5H3,(H,31,34)(H,32,33,35)/t15-,16+/m0/s1. The van der Waals surface area contributed by atoms with Crippen LogP contribution in [-0.4, -0.2) is 72.0 Å². The number of β-amino-alcohol motifs (C(OH)–C–C–N with tert-alkyl or cyclic N) is 1. The predicted octanol–water partition coefficient (Wildman–Crippen LogP) is 5.09. The van der Waals surface area contributed by atoms with Gasteiger partial charge in [-0.15, -0.1) is 0 Å². The number of hydrogen-bond donors (Lipinski definition) is 3. The van der Waals surface area contributed by atoms with Crippen LogP contribution in [0.2, 0.25) is 0 Å². The average molecular weight is 574 g/mol. The highest BCUT2D eigenvalue weighted by atomic mass is 19.4. The van der Waals surface area contributed by atoms with Crippen molar-refractivity contribution in [2.75, 3.05) is 18.4 Å². The first-order chi connectivity index (χ1) is 19.2. The maximum Gasteiger partial charge on any atom is 0.419 e. The quantitative estimate of drug-likeness (QED) is 0.304. The third-order valence-corrected chi connectivity index (χ3v) is 6.59. The van der Waals surface area contributed by atoms with E-state index in [4.69, 9.17) is 9.26 Å². The van der Waals surface area contributed by atoms with Crippen LogP contribution >= 0.6 is 0 Å². The van der Waals surface area contributed by atoms with Gasteiger partial charge >= 0.3 is 12.3 Å². The minimum absolute atomic E-state index is 0.0739. The van der Waals surface area contributed by atoms with Gasteiger partial charge in [0.1, 0.15) is 22.6 Å². The number of amides is 1. The number of aliphatic hydroxyl groups is 1. The van der Waals surface area contributed by atoms with Crippen molar-refractivity contribution < 1.29 is 32.3 Å². The molecule has 0 radical (unpaired) electrons. The molecule has 3 N–H and O–H groups in total. The number of carbonyl (C=O) groups excluding carboxylic acids is 1. The number of alkyl halides is 3. The van der Waals surface area contributed by atoms with Crippen molar-refractivity contribution in [3.63, 3.8) is 0 Å². The van der Waals surface area contributed by atoms with Gasteiger partial charge in [0.15, 0.2) is 0 Å².